The molecule has 1 aliphatic carbocycles. The molecule has 3 rings (SSSR count). The largest absolute Gasteiger partial charge is 0.483 e. The van der Waals surface area contributed by atoms with Crippen LogP contribution in [0.2, 0.25) is 5.02 Å². The Morgan fingerprint density at radius 3 is 2.78 bits per heavy atom. The average Bonchev–Trinajstić information content (AvgIpc) is 3.21. The molecule has 27 heavy (non-hydrogen) atoms. The maximum absolute atomic E-state index is 12.4. The van der Waals surface area contributed by atoms with E-state index >= 15 is 0 Å². The number of carbonyl (C=O) groups excluding carboxylic acids is 2. The summed E-state index contributed by atoms with van der Waals surface area (Å²) in [7, 11) is 1.35. The Morgan fingerprint density at radius 1 is 1.33 bits per heavy atom. The number of thiophene rings is 1. The minimum absolute atomic E-state index is 0.178. The number of rotatable bonds is 5. The second-order valence-corrected chi connectivity index (χ2v) is 8.61. The maximum Gasteiger partial charge on any atom is 0.341 e. The number of fused-ring (bicyclic) bond motifs is 1. The van der Waals surface area contributed by atoms with E-state index in [0.29, 0.717) is 21.3 Å². The molecule has 0 fully saturated rings. The Hall–Kier alpha value is -1.57. The first-order valence-corrected chi connectivity index (χ1v) is 10.4. The van der Waals surface area contributed by atoms with Crippen LogP contribution in [0.25, 0.3) is 0 Å². The van der Waals surface area contributed by atoms with Gasteiger partial charge in [0, 0.05) is 9.90 Å². The average molecular weight is 473 g/mol. The number of carbonyl (C=O) groups is 2. The molecule has 0 bridgehead atoms. The van der Waals surface area contributed by atoms with Gasteiger partial charge in [-0.25, -0.2) is 4.79 Å². The smallest absolute Gasteiger partial charge is 0.341 e. The Balaban J connectivity index is 1.74. The van der Waals surface area contributed by atoms with Crippen LogP contribution in [0, 0.1) is 13.8 Å². The summed E-state index contributed by atoms with van der Waals surface area (Å²) in [5.41, 5.74) is 3.20. The number of hydrogen-bond donors (Lipinski definition) is 1. The first-order chi connectivity index (χ1) is 12.8. The lowest BCUT2D eigenvalue weighted by Crippen LogP contribution is -2.21. The van der Waals surface area contributed by atoms with Gasteiger partial charge in [-0.2, -0.15) is 0 Å². The number of benzene rings is 1. The number of anilines is 1. The Morgan fingerprint density at radius 2 is 2.07 bits per heavy atom. The summed E-state index contributed by atoms with van der Waals surface area (Å²) in [5, 5.41) is 3.99. The summed E-state index contributed by atoms with van der Waals surface area (Å²) in [6.45, 7) is 3.58. The van der Waals surface area contributed by atoms with E-state index in [9.17, 15) is 9.59 Å². The van der Waals surface area contributed by atoms with Gasteiger partial charge >= 0.3 is 5.97 Å². The van der Waals surface area contributed by atoms with E-state index in [1.54, 1.807) is 6.07 Å². The molecular weight excluding hydrogens is 454 g/mol. The second-order valence-electron chi connectivity index (χ2n) is 6.33. The van der Waals surface area contributed by atoms with Gasteiger partial charge in [0.2, 0.25) is 0 Å². The third-order valence-corrected chi connectivity index (χ3v) is 7.27. The van der Waals surface area contributed by atoms with Gasteiger partial charge < -0.3 is 14.8 Å². The molecule has 1 amide bonds. The number of hydrogen-bond acceptors (Lipinski definition) is 5. The molecule has 1 heterocycles. The lowest BCUT2D eigenvalue weighted by molar-refractivity contribution is -0.118. The van der Waals surface area contributed by atoms with Crippen molar-refractivity contribution in [3.8, 4) is 5.75 Å². The molecular formula is C19H19BrClNO4S. The molecule has 0 spiro atoms. The predicted octanol–water partition coefficient (Wildman–Crippen LogP) is 5.07. The SMILES string of the molecule is COC(=O)c1c(NC(=O)COc2cc(C)c(Cl)c(C)c2Br)sc2c1CCC2. The van der Waals surface area contributed by atoms with E-state index in [1.165, 1.54) is 18.4 Å². The van der Waals surface area contributed by atoms with Crippen molar-refractivity contribution in [3.63, 3.8) is 0 Å². The van der Waals surface area contributed by atoms with E-state index in [4.69, 9.17) is 21.1 Å². The van der Waals surface area contributed by atoms with Crippen LogP contribution in [-0.2, 0) is 22.4 Å². The van der Waals surface area contributed by atoms with Crippen LogP contribution in [-0.4, -0.2) is 25.6 Å². The van der Waals surface area contributed by atoms with Gasteiger partial charge in [-0.3, -0.25) is 4.79 Å². The molecule has 0 saturated heterocycles. The number of aryl methyl sites for hydroxylation is 2. The fourth-order valence-corrected chi connectivity index (χ4v) is 5.11. The minimum atomic E-state index is -0.419. The maximum atomic E-state index is 12.4. The molecule has 144 valence electrons. The van der Waals surface area contributed by atoms with Crippen LogP contribution in [0.3, 0.4) is 0 Å². The van der Waals surface area contributed by atoms with Gasteiger partial charge in [-0.15, -0.1) is 11.3 Å². The van der Waals surface area contributed by atoms with Gasteiger partial charge in [0.15, 0.2) is 6.61 Å². The Bertz CT molecular complexity index is 925. The van der Waals surface area contributed by atoms with Crippen molar-refractivity contribution in [2.45, 2.75) is 33.1 Å². The number of ether oxygens (including phenoxy) is 2. The van der Waals surface area contributed by atoms with Crippen LogP contribution in [0.5, 0.6) is 5.75 Å². The van der Waals surface area contributed by atoms with Gasteiger partial charge in [-0.1, -0.05) is 11.6 Å². The van der Waals surface area contributed by atoms with Crippen LogP contribution in [0.4, 0.5) is 5.00 Å². The Kier molecular flexibility index (Phi) is 6.13. The fourth-order valence-electron chi connectivity index (χ4n) is 3.12. The molecule has 5 nitrogen and oxygen atoms in total. The fraction of sp³-hybridized carbons (Fsp3) is 0.368. The van der Waals surface area contributed by atoms with Crippen molar-refractivity contribution in [2.75, 3.05) is 19.0 Å². The minimum Gasteiger partial charge on any atom is -0.483 e. The van der Waals surface area contributed by atoms with Crippen molar-refractivity contribution < 1.29 is 19.1 Å². The summed E-state index contributed by atoms with van der Waals surface area (Å²) in [5.74, 6) is -0.207. The highest BCUT2D eigenvalue weighted by Crippen LogP contribution is 2.39. The van der Waals surface area contributed by atoms with Crippen LogP contribution < -0.4 is 10.1 Å². The van der Waals surface area contributed by atoms with E-state index in [1.807, 2.05) is 13.8 Å². The number of methoxy groups -OCH3 is 1. The van der Waals surface area contributed by atoms with Gasteiger partial charge in [0.25, 0.3) is 5.91 Å². The first-order valence-electron chi connectivity index (χ1n) is 8.44. The number of halogens is 2. The predicted molar refractivity (Wildman–Crippen MR) is 110 cm³/mol. The summed E-state index contributed by atoms with van der Waals surface area (Å²) in [4.78, 5) is 25.7. The molecule has 0 atom stereocenters. The molecule has 2 aromatic rings. The summed E-state index contributed by atoms with van der Waals surface area (Å²) < 4.78 is 11.3. The quantitative estimate of drug-likeness (QED) is 0.617. The third kappa shape index (κ3) is 4.00. The highest BCUT2D eigenvalue weighted by atomic mass is 79.9. The van der Waals surface area contributed by atoms with E-state index in [-0.39, 0.29) is 12.5 Å². The zero-order valence-corrected chi connectivity index (χ0v) is 18.4. The highest BCUT2D eigenvalue weighted by Gasteiger charge is 2.28. The van der Waals surface area contributed by atoms with Crippen molar-refractivity contribution in [1.29, 1.82) is 0 Å². The first kappa shape index (κ1) is 20.2. The standard InChI is InChI=1S/C19H19BrClNO4S/c1-9-7-12(16(20)10(2)17(9)21)26-8-14(23)22-18-15(19(24)25-3)11-5-4-6-13(11)27-18/h7H,4-6,8H2,1-3H3,(H,22,23). The number of amides is 1. The summed E-state index contributed by atoms with van der Waals surface area (Å²) >= 11 is 11.1. The molecule has 8 heteroatoms. The number of nitrogens with one attached hydrogen (secondary N) is 1. The molecule has 0 saturated carbocycles. The molecule has 1 aliphatic rings. The molecule has 1 aromatic heterocycles. The van der Waals surface area contributed by atoms with Crippen molar-refractivity contribution in [2.24, 2.45) is 0 Å². The van der Waals surface area contributed by atoms with Crippen molar-refractivity contribution >= 4 is 55.7 Å². The summed E-state index contributed by atoms with van der Waals surface area (Å²) in [6, 6.07) is 1.78. The Labute approximate surface area is 175 Å². The zero-order valence-electron chi connectivity index (χ0n) is 15.2. The second kappa shape index (κ2) is 8.20. The van der Waals surface area contributed by atoms with E-state index < -0.39 is 5.97 Å². The lowest BCUT2D eigenvalue weighted by Gasteiger charge is -2.13. The molecule has 0 aliphatic heterocycles. The molecule has 0 radical (unpaired) electrons. The molecule has 0 unspecified atom stereocenters. The van der Waals surface area contributed by atoms with E-state index in [2.05, 4.69) is 21.2 Å². The topological polar surface area (TPSA) is 64.6 Å². The van der Waals surface area contributed by atoms with Gasteiger partial charge in [-0.05, 0) is 71.8 Å². The van der Waals surface area contributed by atoms with Crippen LogP contribution >= 0.6 is 38.9 Å². The van der Waals surface area contributed by atoms with Crippen molar-refractivity contribution in [1.82, 2.24) is 0 Å². The van der Waals surface area contributed by atoms with Gasteiger partial charge in [0.05, 0.1) is 17.1 Å². The monoisotopic (exact) mass is 471 g/mol. The lowest BCUT2D eigenvalue weighted by atomic mass is 10.1. The zero-order chi connectivity index (χ0) is 19.7. The van der Waals surface area contributed by atoms with Crippen molar-refractivity contribution in [3.05, 3.63) is 42.7 Å². The highest BCUT2D eigenvalue weighted by molar-refractivity contribution is 9.10. The summed E-state index contributed by atoms with van der Waals surface area (Å²) in [6.07, 6.45) is 2.78. The molecule has 1 aromatic carbocycles. The normalized spacial score (nSPS) is 12.6. The molecule has 1 N–H and O–H groups in total. The third-order valence-electron chi connectivity index (χ3n) is 4.49. The van der Waals surface area contributed by atoms with E-state index in [0.717, 1.165) is 45.3 Å². The van der Waals surface area contributed by atoms with Gasteiger partial charge in [0.1, 0.15) is 10.8 Å². The van der Waals surface area contributed by atoms with Crippen LogP contribution in [0.15, 0.2) is 10.5 Å². The number of esters is 1. The van der Waals surface area contributed by atoms with Crippen LogP contribution in [0.1, 0.15) is 38.3 Å².